The summed E-state index contributed by atoms with van der Waals surface area (Å²) in [6, 6.07) is -1.01. The molecule has 1 heterocycles. The van der Waals surface area contributed by atoms with Crippen LogP contribution in [0.5, 0.6) is 0 Å². The van der Waals surface area contributed by atoms with Gasteiger partial charge in [0.15, 0.2) is 0 Å². The first-order valence-electron chi connectivity index (χ1n) is 4.09. The van der Waals surface area contributed by atoms with Crippen LogP contribution in [0.4, 0.5) is 0 Å². The van der Waals surface area contributed by atoms with Gasteiger partial charge in [-0.3, -0.25) is 14.4 Å². The van der Waals surface area contributed by atoms with Crippen molar-refractivity contribution in [2.75, 3.05) is 0 Å². The summed E-state index contributed by atoms with van der Waals surface area (Å²) in [6.07, 6.45) is 2.06. The molecule has 0 spiro atoms. The van der Waals surface area contributed by atoms with Crippen molar-refractivity contribution in [1.29, 1.82) is 0 Å². The Morgan fingerprint density at radius 3 is 2.73 bits per heavy atom. The quantitative estimate of drug-likeness (QED) is 0.592. The van der Waals surface area contributed by atoms with Gasteiger partial charge in [0, 0.05) is 6.20 Å². The number of nitrogens with zero attached hydrogens (tertiary/aromatic N) is 1. The van der Waals surface area contributed by atoms with Gasteiger partial charge in [-0.05, 0) is 6.92 Å². The zero-order valence-electron chi connectivity index (χ0n) is 7.85. The number of rotatable bonds is 3. The molecule has 0 radical (unpaired) electrons. The Morgan fingerprint density at radius 2 is 2.27 bits per heavy atom. The maximum absolute atomic E-state index is 11.3. The number of carbonyl (C=O) groups is 2. The van der Waals surface area contributed by atoms with Crippen LogP contribution < -0.4 is 10.9 Å². The van der Waals surface area contributed by atoms with Gasteiger partial charge in [0.25, 0.3) is 11.5 Å². The Balaban J connectivity index is 2.73. The molecule has 7 heteroatoms. The van der Waals surface area contributed by atoms with Crippen molar-refractivity contribution in [2.45, 2.75) is 13.0 Å². The molecule has 0 aromatic carbocycles. The molecule has 1 aromatic rings. The van der Waals surface area contributed by atoms with E-state index in [0.29, 0.717) is 0 Å². The summed E-state index contributed by atoms with van der Waals surface area (Å²) in [4.78, 5) is 38.2. The van der Waals surface area contributed by atoms with E-state index in [4.69, 9.17) is 5.11 Å². The van der Waals surface area contributed by atoms with Crippen molar-refractivity contribution in [3.63, 3.8) is 0 Å². The second-order valence-corrected chi connectivity index (χ2v) is 2.83. The number of carboxylic acids is 1. The van der Waals surface area contributed by atoms with Crippen LogP contribution in [0, 0.1) is 0 Å². The van der Waals surface area contributed by atoms with Gasteiger partial charge < -0.3 is 15.4 Å². The largest absolute Gasteiger partial charge is 0.480 e. The summed E-state index contributed by atoms with van der Waals surface area (Å²) in [5, 5.41) is 10.7. The van der Waals surface area contributed by atoms with Gasteiger partial charge in [0.05, 0.1) is 6.20 Å². The number of H-pyrrole nitrogens is 1. The highest BCUT2D eigenvalue weighted by molar-refractivity contribution is 5.94. The first kappa shape index (κ1) is 10.9. The number of carbonyl (C=O) groups excluding carboxylic acids is 1. The predicted octanol–water partition coefficient (Wildman–Crippen LogP) is -1.03. The van der Waals surface area contributed by atoms with Gasteiger partial charge in [-0.2, -0.15) is 0 Å². The molecule has 1 amide bonds. The molecule has 0 saturated carbocycles. The lowest BCUT2D eigenvalue weighted by Gasteiger charge is -2.07. The van der Waals surface area contributed by atoms with Gasteiger partial charge in [0.1, 0.15) is 11.7 Å². The Labute approximate surface area is 84.2 Å². The zero-order chi connectivity index (χ0) is 11.4. The minimum Gasteiger partial charge on any atom is -0.480 e. The van der Waals surface area contributed by atoms with E-state index in [9.17, 15) is 14.4 Å². The summed E-state index contributed by atoms with van der Waals surface area (Å²) in [6.45, 7) is 1.33. The van der Waals surface area contributed by atoms with E-state index < -0.39 is 23.5 Å². The minimum absolute atomic E-state index is 0.0392. The number of hydrogen-bond acceptors (Lipinski definition) is 4. The molecular formula is C8H9N3O4. The van der Waals surface area contributed by atoms with Crippen molar-refractivity contribution in [3.05, 3.63) is 28.4 Å². The SMILES string of the molecule is C[C@H](NC(=O)c1c[nH]c(=O)cn1)C(=O)O. The summed E-state index contributed by atoms with van der Waals surface area (Å²) >= 11 is 0. The van der Waals surface area contributed by atoms with Gasteiger partial charge in [-0.15, -0.1) is 0 Å². The highest BCUT2D eigenvalue weighted by atomic mass is 16.4. The molecule has 0 aliphatic rings. The monoisotopic (exact) mass is 211 g/mol. The molecule has 1 atom stereocenters. The Morgan fingerprint density at radius 1 is 1.60 bits per heavy atom. The summed E-state index contributed by atoms with van der Waals surface area (Å²) in [7, 11) is 0. The molecule has 7 nitrogen and oxygen atoms in total. The van der Waals surface area contributed by atoms with Crippen LogP contribution in [0.1, 0.15) is 17.4 Å². The third-order valence-electron chi connectivity index (χ3n) is 1.62. The fraction of sp³-hybridized carbons (Fsp3) is 0.250. The zero-order valence-corrected chi connectivity index (χ0v) is 7.85. The minimum atomic E-state index is -1.15. The van der Waals surface area contributed by atoms with Crippen LogP contribution in [-0.2, 0) is 4.79 Å². The van der Waals surface area contributed by atoms with Crippen LogP contribution in [0.3, 0.4) is 0 Å². The number of aliphatic carboxylic acids is 1. The van der Waals surface area contributed by atoms with Crippen molar-refractivity contribution >= 4 is 11.9 Å². The van der Waals surface area contributed by atoms with Gasteiger partial charge >= 0.3 is 5.97 Å². The van der Waals surface area contributed by atoms with E-state index in [1.807, 2.05) is 0 Å². The van der Waals surface area contributed by atoms with E-state index in [0.717, 1.165) is 12.4 Å². The lowest BCUT2D eigenvalue weighted by molar-refractivity contribution is -0.138. The third kappa shape index (κ3) is 2.90. The molecule has 0 aliphatic heterocycles. The lowest BCUT2D eigenvalue weighted by atomic mass is 10.3. The molecule has 3 N–H and O–H groups in total. The van der Waals surface area contributed by atoms with Crippen molar-refractivity contribution in [2.24, 2.45) is 0 Å². The third-order valence-corrected chi connectivity index (χ3v) is 1.62. The molecule has 0 fully saturated rings. The Hall–Kier alpha value is -2.18. The van der Waals surface area contributed by atoms with E-state index in [-0.39, 0.29) is 5.69 Å². The molecule has 0 unspecified atom stereocenters. The molecule has 0 bridgehead atoms. The van der Waals surface area contributed by atoms with Crippen molar-refractivity contribution < 1.29 is 14.7 Å². The topological polar surface area (TPSA) is 112 Å². The van der Waals surface area contributed by atoms with Gasteiger partial charge in [-0.1, -0.05) is 0 Å². The standard InChI is InChI=1S/C8H9N3O4/c1-4(8(14)15)11-7(13)5-2-10-6(12)3-9-5/h2-4H,1H3,(H,10,12)(H,11,13)(H,14,15)/t4-/m0/s1. The fourth-order valence-electron chi connectivity index (χ4n) is 0.799. The molecule has 1 rings (SSSR count). The Kier molecular flexibility index (Phi) is 3.17. The second kappa shape index (κ2) is 4.36. The number of carboxylic acid groups (broad SMARTS) is 1. The van der Waals surface area contributed by atoms with Crippen LogP contribution in [-0.4, -0.2) is 33.0 Å². The van der Waals surface area contributed by atoms with E-state index in [1.165, 1.54) is 6.92 Å². The first-order valence-corrected chi connectivity index (χ1v) is 4.09. The average molecular weight is 211 g/mol. The number of aromatic amines is 1. The molecule has 80 valence electrons. The van der Waals surface area contributed by atoms with E-state index in [1.54, 1.807) is 0 Å². The normalized spacial score (nSPS) is 11.8. The van der Waals surface area contributed by atoms with Crippen molar-refractivity contribution in [3.8, 4) is 0 Å². The van der Waals surface area contributed by atoms with Gasteiger partial charge in [0.2, 0.25) is 0 Å². The fourth-order valence-corrected chi connectivity index (χ4v) is 0.799. The predicted molar refractivity (Wildman–Crippen MR) is 49.4 cm³/mol. The number of nitrogens with one attached hydrogen (secondary N) is 2. The second-order valence-electron chi connectivity index (χ2n) is 2.83. The lowest BCUT2D eigenvalue weighted by Crippen LogP contribution is -2.38. The number of aromatic nitrogens is 2. The highest BCUT2D eigenvalue weighted by Gasteiger charge is 2.15. The van der Waals surface area contributed by atoms with E-state index in [2.05, 4.69) is 15.3 Å². The molecular weight excluding hydrogens is 202 g/mol. The van der Waals surface area contributed by atoms with Crippen LogP contribution in [0.25, 0.3) is 0 Å². The smallest absolute Gasteiger partial charge is 0.325 e. The summed E-state index contributed by atoms with van der Waals surface area (Å²) in [5.41, 5.74) is -0.472. The highest BCUT2D eigenvalue weighted by Crippen LogP contribution is 1.90. The number of hydrogen-bond donors (Lipinski definition) is 3. The van der Waals surface area contributed by atoms with Gasteiger partial charge in [-0.25, -0.2) is 4.98 Å². The maximum atomic E-state index is 11.3. The number of amides is 1. The van der Waals surface area contributed by atoms with E-state index >= 15 is 0 Å². The summed E-state index contributed by atoms with van der Waals surface area (Å²) < 4.78 is 0. The molecule has 1 aromatic heterocycles. The van der Waals surface area contributed by atoms with Crippen molar-refractivity contribution in [1.82, 2.24) is 15.3 Å². The molecule has 0 saturated heterocycles. The summed E-state index contributed by atoms with van der Waals surface area (Å²) in [5.74, 6) is -1.80. The van der Waals surface area contributed by atoms with Crippen LogP contribution in [0.2, 0.25) is 0 Å². The molecule has 15 heavy (non-hydrogen) atoms. The maximum Gasteiger partial charge on any atom is 0.325 e. The first-order chi connectivity index (χ1) is 7.00. The average Bonchev–Trinajstić information content (AvgIpc) is 2.18. The van der Waals surface area contributed by atoms with Crippen LogP contribution in [0.15, 0.2) is 17.2 Å². The molecule has 0 aliphatic carbocycles. The van der Waals surface area contributed by atoms with Crippen LogP contribution >= 0.6 is 0 Å². The Bertz CT molecular complexity index is 419.